The van der Waals surface area contributed by atoms with E-state index in [9.17, 15) is 29.1 Å². The van der Waals surface area contributed by atoms with Gasteiger partial charge in [0.15, 0.2) is 23.3 Å². The quantitative estimate of drug-likeness (QED) is 0.220. The maximum absolute atomic E-state index is 11.7. The molecule has 0 saturated carbocycles. The molecule has 0 aliphatic heterocycles. The van der Waals surface area contributed by atoms with E-state index < -0.39 is 66.6 Å². The summed E-state index contributed by atoms with van der Waals surface area (Å²) in [6.45, 7) is 4.35. The van der Waals surface area contributed by atoms with Crippen molar-refractivity contribution >= 4 is 29.8 Å². The molecule has 0 radical (unpaired) electrons. The Morgan fingerprint density at radius 1 is 0.800 bits per heavy atom. The summed E-state index contributed by atoms with van der Waals surface area (Å²) in [5, 5.41) is 18.8. The number of esters is 5. The average molecular weight is 431 g/mol. The summed E-state index contributed by atoms with van der Waals surface area (Å²) in [7, 11) is 0. The smallest absolute Gasteiger partial charge is 0.391 e. The number of aliphatic hydroxyl groups excluding tert-OH is 1. The van der Waals surface area contributed by atoms with Gasteiger partial charge in [-0.2, -0.15) is 0 Å². The van der Waals surface area contributed by atoms with Crippen LogP contribution in [0.2, 0.25) is 0 Å². The number of carbonyl (C=O) groups excluding carboxylic acids is 5. The van der Waals surface area contributed by atoms with Gasteiger partial charge in [0.25, 0.3) is 0 Å². The van der Waals surface area contributed by atoms with Crippen LogP contribution >= 0.6 is 0 Å². The third-order valence-corrected chi connectivity index (χ3v) is 3.14. The fourth-order valence-electron chi connectivity index (χ4n) is 2.25. The third-order valence-electron chi connectivity index (χ3n) is 3.14. The molecule has 0 aliphatic carbocycles. The van der Waals surface area contributed by atoms with Gasteiger partial charge >= 0.3 is 36.0 Å². The first-order valence-corrected chi connectivity index (χ1v) is 8.44. The van der Waals surface area contributed by atoms with Crippen LogP contribution in [0.4, 0.5) is 0 Å². The lowest BCUT2D eigenvalue weighted by Crippen LogP contribution is -2.53. The highest BCUT2D eigenvalue weighted by Crippen LogP contribution is 2.23. The second kappa shape index (κ2) is 12.7. The van der Waals surface area contributed by atoms with Crippen molar-refractivity contribution in [1.82, 2.24) is 0 Å². The normalized spacial score (nSPS) is 14.7. The molecule has 0 aliphatic rings. The summed E-state index contributed by atoms with van der Waals surface area (Å²) in [5.74, 6) is -5.40. The molecule has 0 aromatic heterocycles. The van der Waals surface area contributed by atoms with Crippen LogP contribution in [-0.4, -0.2) is 66.0 Å². The second-order valence-corrected chi connectivity index (χ2v) is 5.80. The monoisotopic (exact) mass is 431 g/mol. The minimum Gasteiger partial charge on any atom is -0.503 e. The standard InChI is InChI=1S/C17H22N2O11/c1-8(20)26-7-14(27-9(2)21)16(29-11(4)23)17(30-12(5)24)15(28-10(3)22)13(25)6-19-18/h6,14-17H,7H2,1-5H3/p+1. The minimum absolute atomic E-state index is 0.474. The van der Waals surface area contributed by atoms with E-state index in [1.807, 2.05) is 0 Å². The van der Waals surface area contributed by atoms with Gasteiger partial charge in [-0.25, -0.2) is 0 Å². The van der Waals surface area contributed by atoms with E-state index in [1.54, 1.807) is 0 Å². The van der Waals surface area contributed by atoms with Gasteiger partial charge in [-0.1, -0.05) is 0 Å². The molecule has 0 aromatic carbocycles. The van der Waals surface area contributed by atoms with Crippen molar-refractivity contribution in [3.05, 3.63) is 16.9 Å². The Morgan fingerprint density at radius 3 is 1.67 bits per heavy atom. The summed E-state index contributed by atoms with van der Waals surface area (Å²) >= 11 is 0. The Labute approximate surface area is 171 Å². The largest absolute Gasteiger partial charge is 0.503 e. The Bertz CT molecular complexity index is 740. The molecule has 0 bridgehead atoms. The van der Waals surface area contributed by atoms with Crippen molar-refractivity contribution in [2.24, 2.45) is 0 Å². The Hall–Kier alpha value is -3.69. The molecule has 166 valence electrons. The SMILES string of the molecule is CC(=O)OCC(OC(C)=O)C(OC(C)=O)C(OC(C)=O)C(OC(C)=O)C(O)=C[N+]#N. The lowest BCUT2D eigenvalue weighted by Gasteiger charge is -2.34. The fraction of sp³-hybridized carbons (Fsp3) is 0.588. The second-order valence-electron chi connectivity index (χ2n) is 5.80. The topological polar surface area (TPSA) is 180 Å². The zero-order valence-electron chi connectivity index (χ0n) is 17.0. The Morgan fingerprint density at radius 2 is 1.27 bits per heavy atom. The van der Waals surface area contributed by atoms with E-state index in [4.69, 9.17) is 29.1 Å². The predicted octanol–water partition coefficient (Wildman–Crippen LogP) is 0.529. The highest BCUT2D eigenvalue weighted by atomic mass is 16.6. The summed E-state index contributed by atoms with van der Waals surface area (Å²) in [6, 6.07) is 0. The molecule has 1 N–H and O–H groups in total. The van der Waals surface area contributed by atoms with Crippen LogP contribution in [0.3, 0.4) is 0 Å². The average Bonchev–Trinajstić information content (AvgIpc) is 2.59. The first kappa shape index (κ1) is 26.3. The molecule has 0 spiro atoms. The maximum atomic E-state index is 11.7. The van der Waals surface area contributed by atoms with Gasteiger partial charge in [0, 0.05) is 34.6 Å². The van der Waals surface area contributed by atoms with Crippen LogP contribution in [-0.2, 0) is 47.7 Å². The lowest BCUT2D eigenvalue weighted by atomic mass is 10.0. The number of hydrogen-bond donors (Lipinski definition) is 1. The molecule has 4 atom stereocenters. The van der Waals surface area contributed by atoms with Crippen molar-refractivity contribution in [2.45, 2.75) is 59.0 Å². The van der Waals surface area contributed by atoms with Crippen molar-refractivity contribution in [3.8, 4) is 0 Å². The summed E-state index contributed by atoms with van der Waals surface area (Å²) in [6.07, 6.45) is -6.41. The van der Waals surface area contributed by atoms with Crippen LogP contribution in [0.15, 0.2) is 12.0 Å². The number of aliphatic hydroxyl groups is 1. The molecule has 30 heavy (non-hydrogen) atoms. The van der Waals surface area contributed by atoms with Gasteiger partial charge < -0.3 is 28.8 Å². The number of diazo groups is 1. The number of nitrogens with zero attached hydrogens (tertiary/aromatic N) is 2. The minimum atomic E-state index is -1.85. The summed E-state index contributed by atoms with van der Waals surface area (Å²) < 4.78 is 24.9. The number of hydrogen-bond acceptors (Lipinski definition) is 12. The highest BCUT2D eigenvalue weighted by Gasteiger charge is 2.46. The van der Waals surface area contributed by atoms with E-state index in [2.05, 4.69) is 4.98 Å². The Kier molecular flexibility index (Phi) is 11.1. The maximum Gasteiger partial charge on any atom is 0.391 e. The van der Waals surface area contributed by atoms with E-state index in [1.165, 1.54) is 0 Å². The summed E-state index contributed by atoms with van der Waals surface area (Å²) in [5.41, 5.74) is 0. The molecular weight excluding hydrogens is 408 g/mol. The van der Waals surface area contributed by atoms with Crippen molar-refractivity contribution in [3.63, 3.8) is 0 Å². The van der Waals surface area contributed by atoms with Gasteiger partial charge in [-0.3, -0.25) is 24.0 Å². The van der Waals surface area contributed by atoms with Crippen molar-refractivity contribution < 1.29 is 52.8 Å². The molecule has 13 nitrogen and oxygen atoms in total. The molecule has 0 amide bonds. The third kappa shape index (κ3) is 10.0. The fourth-order valence-corrected chi connectivity index (χ4v) is 2.25. The van der Waals surface area contributed by atoms with Crippen LogP contribution in [0.25, 0.3) is 4.98 Å². The zero-order valence-corrected chi connectivity index (χ0v) is 17.0. The van der Waals surface area contributed by atoms with Crippen LogP contribution in [0.1, 0.15) is 34.6 Å². The molecule has 4 unspecified atom stereocenters. The first-order valence-electron chi connectivity index (χ1n) is 8.44. The van der Waals surface area contributed by atoms with Gasteiger partial charge in [0.05, 0.1) is 0 Å². The first-order chi connectivity index (χ1) is 13.9. The molecule has 0 fully saturated rings. The summed E-state index contributed by atoms with van der Waals surface area (Å²) in [4.78, 5) is 60.1. The Balaban J connectivity index is 6.45. The van der Waals surface area contributed by atoms with Crippen molar-refractivity contribution in [2.75, 3.05) is 6.61 Å². The van der Waals surface area contributed by atoms with Gasteiger partial charge in [0.2, 0.25) is 17.3 Å². The molecule has 0 saturated heterocycles. The molecular formula is C17H23N2O11+. The predicted molar refractivity (Wildman–Crippen MR) is 94.6 cm³/mol. The molecule has 0 rings (SSSR count). The highest BCUT2D eigenvalue weighted by molar-refractivity contribution is 5.69. The van der Waals surface area contributed by atoms with E-state index in [0.717, 1.165) is 34.6 Å². The zero-order chi connectivity index (χ0) is 23.4. The number of ether oxygens (including phenoxy) is 5. The number of rotatable bonds is 10. The lowest BCUT2D eigenvalue weighted by molar-refractivity contribution is -0.201. The van der Waals surface area contributed by atoms with Gasteiger partial charge in [0.1, 0.15) is 6.61 Å². The van der Waals surface area contributed by atoms with Crippen LogP contribution < -0.4 is 0 Å². The van der Waals surface area contributed by atoms with E-state index in [-0.39, 0.29) is 0 Å². The van der Waals surface area contributed by atoms with Gasteiger partial charge in [-0.05, 0) is 0 Å². The van der Waals surface area contributed by atoms with Gasteiger partial charge in [-0.15, -0.1) is 0 Å². The van der Waals surface area contributed by atoms with Crippen molar-refractivity contribution in [1.29, 1.82) is 5.39 Å². The van der Waals surface area contributed by atoms with Crippen LogP contribution in [0.5, 0.6) is 0 Å². The molecule has 0 heterocycles. The van der Waals surface area contributed by atoms with E-state index >= 15 is 0 Å². The number of carbonyl (C=O) groups is 5. The molecule has 13 heteroatoms. The van der Waals surface area contributed by atoms with Crippen LogP contribution in [0, 0.1) is 5.39 Å². The van der Waals surface area contributed by atoms with E-state index in [0.29, 0.717) is 6.20 Å². The molecule has 0 aromatic rings.